The van der Waals surface area contributed by atoms with E-state index in [2.05, 4.69) is 5.32 Å². The molecule has 6 heteroatoms. The van der Waals surface area contributed by atoms with E-state index in [0.717, 1.165) is 0 Å². The minimum atomic E-state index is -1.32. The summed E-state index contributed by atoms with van der Waals surface area (Å²) in [6.45, 7) is -0.0574. The fourth-order valence-electron chi connectivity index (χ4n) is 1.39. The zero-order chi connectivity index (χ0) is 10.0. The summed E-state index contributed by atoms with van der Waals surface area (Å²) in [5.41, 5.74) is 5.48. The van der Waals surface area contributed by atoms with Crippen LogP contribution in [-0.4, -0.2) is 64.0 Å². The number of hydrogen-bond acceptors (Lipinski definition) is 6. The van der Waals surface area contributed by atoms with E-state index in [9.17, 15) is 15.3 Å². The van der Waals surface area contributed by atoms with E-state index < -0.39 is 30.4 Å². The van der Waals surface area contributed by atoms with Crippen molar-refractivity contribution in [2.45, 2.75) is 30.4 Å². The lowest BCUT2D eigenvalue weighted by Gasteiger charge is -2.24. The van der Waals surface area contributed by atoms with Crippen LogP contribution in [0.25, 0.3) is 0 Å². The van der Waals surface area contributed by atoms with Crippen molar-refractivity contribution in [3.05, 3.63) is 0 Å². The normalized spacial score (nSPS) is 47.3. The van der Waals surface area contributed by atoms with E-state index in [0.29, 0.717) is 0 Å². The molecule has 1 rings (SSSR count). The first kappa shape index (κ1) is 10.8. The summed E-state index contributed by atoms with van der Waals surface area (Å²) < 4.78 is 0. The number of aliphatic hydroxyl groups is 4. The maximum Gasteiger partial charge on any atom is 0.109 e. The predicted molar refractivity (Wildman–Crippen MR) is 44.9 cm³/mol. The molecule has 0 radical (unpaired) electrons. The number of hydrogen-bond donors (Lipinski definition) is 6. The predicted octanol–water partition coefficient (Wildman–Crippen LogP) is -3.64. The molecular formula is C7H16N2O4. The second-order valence-electron chi connectivity index (χ2n) is 3.33. The van der Waals surface area contributed by atoms with Gasteiger partial charge in [-0.1, -0.05) is 0 Å². The van der Waals surface area contributed by atoms with Gasteiger partial charge in [-0.15, -0.1) is 0 Å². The van der Waals surface area contributed by atoms with Crippen LogP contribution in [-0.2, 0) is 0 Å². The lowest BCUT2D eigenvalue weighted by molar-refractivity contribution is -0.0714. The third-order valence-electron chi connectivity index (χ3n) is 2.36. The average molecular weight is 192 g/mol. The number of rotatable bonds is 1. The molecule has 0 unspecified atom stereocenters. The Balaban J connectivity index is 2.69. The maximum atomic E-state index is 9.42. The van der Waals surface area contributed by atoms with Gasteiger partial charge in [0.1, 0.15) is 6.10 Å². The number of aliphatic hydroxyl groups excluding tert-OH is 4. The van der Waals surface area contributed by atoms with Crippen molar-refractivity contribution >= 4 is 0 Å². The lowest BCUT2D eigenvalue weighted by atomic mass is 10.0. The second-order valence-corrected chi connectivity index (χ2v) is 3.33. The monoisotopic (exact) mass is 192 g/mol. The van der Waals surface area contributed by atoms with E-state index in [4.69, 9.17) is 10.8 Å². The summed E-state index contributed by atoms with van der Waals surface area (Å²) in [5.74, 6) is 0. The quantitative estimate of drug-likeness (QED) is 0.255. The molecule has 1 aliphatic heterocycles. The SMILES string of the molecule is N[C@H]1CN[C@H](CO)[C@@H](O)[C@H](O)[C@@H]1O. The number of nitrogens with one attached hydrogen (secondary N) is 1. The summed E-state index contributed by atoms with van der Waals surface area (Å²) >= 11 is 0. The highest BCUT2D eigenvalue weighted by Gasteiger charge is 2.37. The van der Waals surface area contributed by atoms with Crippen molar-refractivity contribution in [2.24, 2.45) is 5.73 Å². The lowest BCUT2D eigenvalue weighted by Crippen LogP contribution is -2.49. The highest BCUT2D eigenvalue weighted by molar-refractivity contribution is 4.94. The van der Waals surface area contributed by atoms with Crippen LogP contribution in [0, 0.1) is 0 Å². The van der Waals surface area contributed by atoms with Gasteiger partial charge in [-0.25, -0.2) is 0 Å². The second kappa shape index (κ2) is 4.32. The Kier molecular flexibility index (Phi) is 3.60. The molecule has 13 heavy (non-hydrogen) atoms. The summed E-state index contributed by atoms with van der Waals surface area (Å²) in [6, 6.07) is -1.28. The molecular weight excluding hydrogens is 176 g/mol. The molecule has 0 bridgehead atoms. The highest BCUT2D eigenvalue weighted by Crippen LogP contribution is 2.10. The van der Waals surface area contributed by atoms with Crippen LogP contribution in [0.1, 0.15) is 0 Å². The van der Waals surface area contributed by atoms with Gasteiger partial charge < -0.3 is 31.5 Å². The van der Waals surface area contributed by atoms with Crippen LogP contribution in [0.3, 0.4) is 0 Å². The average Bonchev–Trinajstić information content (AvgIpc) is 2.22. The summed E-state index contributed by atoms with van der Waals surface area (Å²) in [4.78, 5) is 0. The molecule has 1 fully saturated rings. The molecule has 0 aliphatic carbocycles. The third-order valence-corrected chi connectivity index (χ3v) is 2.36. The summed E-state index contributed by atoms with van der Waals surface area (Å²) in [6.07, 6.45) is -3.69. The van der Waals surface area contributed by atoms with Crippen LogP contribution >= 0.6 is 0 Å². The van der Waals surface area contributed by atoms with Crippen LogP contribution < -0.4 is 11.1 Å². The molecule has 0 saturated carbocycles. The molecule has 0 spiro atoms. The van der Waals surface area contributed by atoms with E-state index >= 15 is 0 Å². The van der Waals surface area contributed by atoms with Gasteiger partial charge in [0.25, 0.3) is 0 Å². The Morgan fingerprint density at radius 1 is 1.15 bits per heavy atom. The molecule has 6 nitrogen and oxygen atoms in total. The molecule has 7 N–H and O–H groups in total. The van der Waals surface area contributed by atoms with Crippen molar-refractivity contribution in [1.29, 1.82) is 0 Å². The van der Waals surface area contributed by atoms with Gasteiger partial charge in [0.05, 0.1) is 24.9 Å². The van der Waals surface area contributed by atoms with Gasteiger partial charge in [-0.2, -0.15) is 0 Å². The first-order chi connectivity index (χ1) is 6.07. The topological polar surface area (TPSA) is 119 Å². The van der Waals surface area contributed by atoms with Crippen LogP contribution in [0.5, 0.6) is 0 Å². The zero-order valence-electron chi connectivity index (χ0n) is 7.17. The van der Waals surface area contributed by atoms with Gasteiger partial charge in [-0.05, 0) is 0 Å². The first-order valence-electron chi connectivity index (χ1n) is 4.22. The van der Waals surface area contributed by atoms with Gasteiger partial charge in [0.2, 0.25) is 0 Å². The van der Waals surface area contributed by atoms with E-state index in [-0.39, 0.29) is 13.2 Å². The van der Waals surface area contributed by atoms with Gasteiger partial charge in [0.15, 0.2) is 0 Å². The van der Waals surface area contributed by atoms with E-state index in [1.165, 1.54) is 0 Å². The third kappa shape index (κ3) is 2.16. The Hall–Kier alpha value is -0.240. The minimum Gasteiger partial charge on any atom is -0.395 e. The fourth-order valence-corrected chi connectivity index (χ4v) is 1.39. The first-order valence-corrected chi connectivity index (χ1v) is 4.22. The van der Waals surface area contributed by atoms with Crippen LogP contribution in [0.15, 0.2) is 0 Å². The van der Waals surface area contributed by atoms with Crippen LogP contribution in [0.4, 0.5) is 0 Å². The van der Waals surface area contributed by atoms with Gasteiger partial charge in [-0.3, -0.25) is 0 Å². The van der Waals surface area contributed by atoms with Gasteiger partial charge in [0, 0.05) is 12.6 Å². The molecule has 1 heterocycles. The van der Waals surface area contributed by atoms with Crippen molar-refractivity contribution in [2.75, 3.05) is 13.2 Å². The zero-order valence-corrected chi connectivity index (χ0v) is 7.17. The van der Waals surface area contributed by atoms with Gasteiger partial charge >= 0.3 is 0 Å². The van der Waals surface area contributed by atoms with Crippen molar-refractivity contribution in [1.82, 2.24) is 5.32 Å². The molecule has 1 aliphatic rings. The maximum absolute atomic E-state index is 9.42. The largest absolute Gasteiger partial charge is 0.395 e. The fraction of sp³-hybridized carbons (Fsp3) is 1.00. The van der Waals surface area contributed by atoms with Crippen molar-refractivity contribution in [3.8, 4) is 0 Å². The summed E-state index contributed by atoms with van der Waals surface area (Å²) in [5, 5.41) is 39.7. The van der Waals surface area contributed by atoms with Crippen molar-refractivity contribution in [3.63, 3.8) is 0 Å². The molecule has 0 aromatic heterocycles. The molecule has 78 valence electrons. The molecule has 0 aromatic rings. The highest BCUT2D eigenvalue weighted by atomic mass is 16.4. The van der Waals surface area contributed by atoms with Crippen LogP contribution in [0.2, 0.25) is 0 Å². The smallest absolute Gasteiger partial charge is 0.109 e. The molecule has 5 atom stereocenters. The Bertz CT molecular complexity index is 167. The standard InChI is InChI=1S/C7H16N2O4/c8-3-1-9-4(2-10)6(12)7(13)5(3)11/h3-7,9-13H,1-2,8H2/t3-,4+,5+,6+,7+/m0/s1. The number of nitrogens with two attached hydrogens (primary N) is 1. The minimum absolute atomic E-state index is 0.251. The Morgan fingerprint density at radius 3 is 2.31 bits per heavy atom. The Morgan fingerprint density at radius 2 is 1.77 bits per heavy atom. The van der Waals surface area contributed by atoms with Crippen molar-refractivity contribution < 1.29 is 20.4 Å². The molecule has 0 amide bonds. The Labute approximate surface area is 76.0 Å². The molecule has 1 saturated heterocycles. The molecule has 0 aromatic carbocycles. The van der Waals surface area contributed by atoms with E-state index in [1.54, 1.807) is 0 Å². The van der Waals surface area contributed by atoms with E-state index in [1.807, 2.05) is 0 Å². The summed E-state index contributed by atoms with van der Waals surface area (Å²) in [7, 11) is 0.